The minimum atomic E-state index is -0.784. The Hall–Kier alpha value is -2.92. The maximum Gasteiger partial charge on any atom is 0.306 e. The molecule has 84 heavy (non-hydrogen) atoms. The SMILES string of the molecule is CC/C=C\C/C=C\C/C=C\C/C=C\C/C=C\C/C=C\C/C=C\CCCCCCCCCC(=O)OC(CO)COC(=O)CCCCCCCCCCCCCCCCCCCCCCCCCCCCCCCCCCCCCCCCCCC. The Morgan fingerprint density at radius 2 is 0.512 bits per heavy atom. The van der Waals surface area contributed by atoms with Gasteiger partial charge in [0.25, 0.3) is 0 Å². The molecule has 0 aliphatic carbocycles. The first-order valence-corrected chi connectivity index (χ1v) is 37.1. The number of hydrogen-bond acceptors (Lipinski definition) is 5. The molecule has 0 saturated carbocycles. The zero-order valence-corrected chi connectivity index (χ0v) is 56.2. The highest BCUT2D eigenvalue weighted by Crippen LogP contribution is 2.19. The van der Waals surface area contributed by atoms with E-state index in [9.17, 15) is 14.7 Å². The molecule has 0 aliphatic rings. The van der Waals surface area contributed by atoms with Crippen LogP contribution in [0.2, 0.25) is 0 Å². The van der Waals surface area contributed by atoms with E-state index in [-0.39, 0.29) is 25.2 Å². The Morgan fingerprint density at radius 1 is 0.286 bits per heavy atom. The third-order valence-electron chi connectivity index (χ3n) is 16.7. The Morgan fingerprint density at radius 3 is 0.774 bits per heavy atom. The number of carbonyl (C=O) groups is 2. The van der Waals surface area contributed by atoms with Gasteiger partial charge in [-0.25, -0.2) is 0 Å². The number of unbranched alkanes of at least 4 members (excludes halogenated alkanes) is 47. The summed E-state index contributed by atoms with van der Waals surface area (Å²) >= 11 is 0. The molecule has 0 heterocycles. The van der Waals surface area contributed by atoms with Crippen molar-refractivity contribution in [3.05, 3.63) is 85.1 Å². The molecule has 488 valence electrons. The third-order valence-corrected chi connectivity index (χ3v) is 16.7. The van der Waals surface area contributed by atoms with Crippen LogP contribution in [0.4, 0.5) is 0 Å². The monoisotopic (exact) mass is 1170 g/mol. The van der Waals surface area contributed by atoms with Crippen LogP contribution in [0.3, 0.4) is 0 Å². The standard InChI is InChI=1S/C79H142O5/c1-3-5-7-9-11-13-15-17-19-21-23-25-27-29-31-33-34-35-36-37-38-39-40-41-42-43-44-46-47-49-51-53-55-57-59-61-63-65-67-69-71-73-78(81)83-76-77(75-80)84-79(82)74-72-70-68-66-64-62-60-58-56-54-52-50-48-45-32-30-28-26-24-22-20-18-16-14-12-10-8-6-4-2/h6,8,12,14,18,20,24,26,30,32,48,50,54,56,77,80H,3-5,7,9-11,13,15-17,19,21-23,25,27-29,31,33-47,49,51-53,55,57-76H2,1-2H3/b8-6-,14-12-,20-18-,26-24-,32-30-,50-48-,56-54-. The molecule has 1 unspecified atom stereocenters. The smallest absolute Gasteiger partial charge is 0.306 e. The quantitative estimate of drug-likeness (QED) is 0.0373. The van der Waals surface area contributed by atoms with Gasteiger partial charge in [-0.05, 0) is 70.6 Å². The van der Waals surface area contributed by atoms with Crippen LogP contribution in [0.15, 0.2) is 85.1 Å². The molecular formula is C79H142O5. The molecule has 0 rings (SSSR count). The summed E-state index contributed by atoms with van der Waals surface area (Å²) in [4.78, 5) is 24.7. The van der Waals surface area contributed by atoms with E-state index in [1.54, 1.807) is 0 Å². The first-order valence-electron chi connectivity index (χ1n) is 37.1. The van der Waals surface area contributed by atoms with Crippen LogP contribution in [-0.2, 0) is 19.1 Å². The van der Waals surface area contributed by atoms with Gasteiger partial charge in [-0.1, -0.05) is 388 Å². The van der Waals surface area contributed by atoms with Gasteiger partial charge < -0.3 is 14.6 Å². The molecule has 0 aromatic carbocycles. The lowest BCUT2D eigenvalue weighted by molar-refractivity contribution is -0.161. The summed E-state index contributed by atoms with van der Waals surface area (Å²) in [5.74, 6) is -0.591. The van der Waals surface area contributed by atoms with Crippen molar-refractivity contribution >= 4 is 11.9 Å². The van der Waals surface area contributed by atoms with E-state index in [1.807, 2.05) is 0 Å². The molecule has 0 saturated heterocycles. The fourth-order valence-corrected chi connectivity index (χ4v) is 11.2. The number of carbonyl (C=O) groups excluding carboxylic acids is 2. The van der Waals surface area contributed by atoms with Crippen LogP contribution in [0.1, 0.15) is 386 Å². The highest BCUT2D eigenvalue weighted by Gasteiger charge is 2.16. The molecule has 0 radical (unpaired) electrons. The van der Waals surface area contributed by atoms with Crippen LogP contribution in [0.5, 0.6) is 0 Å². The zero-order valence-electron chi connectivity index (χ0n) is 56.2. The molecule has 0 spiro atoms. The number of aliphatic hydroxyl groups excluding tert-OH is 1. The largest absolute Gasteiger partial charge is 0.462 e. The minimum absolute atomic E-state index is 0.0709. The highest BCUT2D eigenvalue weighted by molar-refractivity contribution is 5.70. The van der Waals surface area contributed by atoms with Crippen LogP contribution < -0.4 is 0 Å². The fourth-order valence-electron chi connectivity index (χ4n) is 11.2. The molecule has 0 fully saturated rings. The molecule has 1 atom stereocenters. The molecule has 0 aromatic heterocycles. The van der Waals surface area contributed by atoms with Gasteiger partial charge in [0.1, 0.15) is 6.61 Å². The average Bonchev–Trinajstić information content (AvgIpc) is 3.51. The summed E-state index contributed by atoms with van der Waals surface area (Å²) in [5.41, 5.74) is 0. The lowest BCUT2D eigenvalue weighted by Crippen LogP contribution is -2.28. The Labute approximate surface area is 524 Å². The van der Waals surface area contributed by atoms with E-state index in [2.05, 4.69) is 98.9 Å². The molecule has 0 amide bonds. The Kier molecular flexibility index (Phi) is 71.7. The number of rotatable bonds is 69. The number of ether oxygens (including phenoxy) is 2. The van der Waals surface area contributed by atoms with Gasteiger partial charge in [0.05, 0.1) is 6.61 Å². The van der Waals surface area contributed by atoms with Crippen LogP contribution in [-0.4, -0.2) is 36.4 Å². The van der Waals surface area contributed by atoms with Crippen molar-refractivity contribution in [2.45, 2.75) is 392 Å². The molecule has 1 N–H and O–H groups in total. The van der Waals surface area contributed by atoms with Gasteiger partial charge in [0.2, 0.25) is 0 Å². The number of aliphatic hydroxyl groups is 1. The van der Waals surface area contributed by atoms with Gasteiger partial charge in [0.15, 0.2) is 6.10 Å². The summed E-state index contributed by atoms with van der Waals surface area (Å²) in [6.07, 6.45) is 105. The van der Waals surface area contributed by atoms with Crippen molar-refractivity contribution in [3.63, 3.8) is 0 Å². The maximum atomic E-state index is 12.4. The van der Waals surface area contributed by atoms with Crippen molar-refractivity contribution in [1.29, 1.82) is 0 Å². The van der Waals surface area contributed by atoms with E-state index in [1.165, 1.54) is 270 Å². The third kappa shape index (κ3) is 71.6. The molecule has 0 aromatic rings. The number of hydrogen-bond donors (Lipinski definition) is 1. The van der Waals surface area contributed by atoms with Crippen LogP contribution in [0, 0.1) is 0 Å². The number of esters is 2. The summed E-state index contributed by atoms with van der Waals surface area (Å²) in [7, 11) is 0. The topological polar surface area (TPSA) is 72.8 Å². The first-order chi connectivity index (χ1) is 41.6. The van der Waals surface area contributed by atoms with E-state index >= 15 is 0 Å². The lowest BCUT2D eigenvalue weighted by Gasteiger charge is -2.15. The summed E-state index contributed by atoms with van der Waals surface area (Å²) in [6.45, 7) is 4.06. The van der Waals surface area contributed by atoms with Gasteiger partial charge >= 0.3 is 11.9 Å². The lowest BCUT2D eigenvalue weighted by atomic mass is 10.0. The first kappa shape index (κ1) is 81.1. The second-order valence-corrected chi connectivity index (χ2v) is 25.0. The average molecular weight is 1170 g/mol. The summed E-state index contributed by atoms with van der Waals surface area (Å²) in [6, 6.07) is 0. The Balaban J connectivity index is 3.42. The van der Waals surface area contributed by atoms with E-state index < -0.39 is 6.10 Å². The molecule has 0 aliphatic heterocycles. The molecule has 5 nitrogen and oxygen atoms in total. The van der Waals surface area contributed by atoms with E-state index in [0.29, 0.717) is 12.8 Å². The van der Waals surface area contributed by atoms with Crippen molar-refractivity contribution in [2.75, 3.05) is 13.2 Å². The highest BCUT2D eigenvalue weighted by atomic mass is 16.6. The van der Waals surface area contributed by atoms with Gasteiger partial charge in [-0.3, -0.25) is 9.59 Å². The number of allylic oxidation sites excluding steroid dienone is 14. The second-order valence-electron chi connectivity index (χ2n) is 25.0. The van der Waals surface area contributed by atoms with Gasteiger partial charge in [-0.2, -0.15) is 0 Å². The maximum absolute atomic E-state index is 12.4. The Bertz CT molecular complexity index is 1520. The van der Waals surface area contributed by atoms with Crippen molar-refractivity contribution in [1.82, 2.24) is 0 Å². The normalized spacial score (nSPS) is 12.7. The van der Waals surface area contributed by atoms with Gasteiger partial charge in [-0.15, -0.1) is 0 Å². The predicted octanol–water partition coefficient (Wildman–Crippen LogP) is 26.0. The molecule has 5 heteroatoms. The molecule has 0 bridgehead atoms. The second kappa shape index (κ2) is 74.3. The van der Waals surface area contributed by atoms with Crippen LogP contribution >= 0.6 is 0 Å². The summed E-state index contributed by atoms with van der Waals surface area (Å²) in [5, 5.41) is 9.70. The molecular weight excluding hydrogens is 1030 g/mol. The van der Waals surface area contributed by atoms with Crippen molar-refractivity contribution < 1.29 is 24.2 Å². The van der Waals surface area contributed by atoms with Crippen LogP contribution in [0.25, 0.3) is 0 Å². The van der Waals surface area contributed by atoms with Crippen molar-refractivity contribution in [3.8, 4) is 0 Å². The zero-order chi connectivity index (χ0) is 60.5. The van der Waals surface area contributed by atoms with E-state index in [0.717, 1.165) is 89.9 Å². The fraction of sp³-hybridized carbons (Fsp3) is 0.797. The van der Waals surface area contributed by atoms with E-state index in [4.69, 9.17) is 9.47 Å². The summed E-state index contributed by atoms with van der Waals surface area (Å²) < 4.78 is 10.8. The van der Waals surface area contributed by atoms with Gasteiger partial charge in [0, 0.05) is 12.8 Å². The minimum Gasteiger partial charge on any atom is -0.462 e. The predicted molar refractivity (Wildman–Crippen MR) is 371 cm³/mol. The van der Waals surface area contributed by atoms with Crippen molar-refractivity contribution in [2.24, 2.45) is 0 Å².